The van der Waals surface area contributed by atoms with Crippen molar-refractivity contribution in [1.82, 2.24) is 15.2 Å². The third kappa shape index (κ3) is 5.54. The minimum Gasteiger partial charge on any atom is -0.349 e. The highest BCUT2D eigenvalue weighted by atomic mass is 16.1. The molecule has 0 radical (unpaired) electrons. The van der Waals surface area contributed by atoms with Crippen LogP contribution in [-0.2, 0) is 0 Å². The molecule has 0 aliphatic rings. The van der Waals surface area contributed by atoms with Crippen molar-refractivity contribution in [2.45, 2.75) is 26.3 Å². The number of likely N-dealkylation sites (N-methyl/N-ethyl adjacent to an activating group) is 1. The van der Waals surface area contributed by atoms with Gasteiger partial charge in [-0.05, 0) is 32.5 Å². The predicted octanol–water partition coefficient (Wildman–Crippen LogP) is 0.852. The monoisotopic (exact) mass is 288 g/mol. The fraction of sp³-hybridized carbons (Fsp3) is 0.500. The quantitative estimate of drug-likeness (QED) is 0.761. The van der Waals surface area contributed by atoms with Gasteiger partial charge in [0.2, 0.25) is 0 Å². The molecule has 1 heterocycles. The number of nitrogens with one attached hydrogen (secondary N) is 1. The third-order valence-corrected chi connectivity index (χ3v) is 3.44. The largest absolute Gasteiger partial charge is 0.349 e. The number of nitrogens with two attached hydrogens (primary N) is 1. The van der Waals surface area contributed by atoms with E-state index in [9.17, 15) is 4.79 Å². The average molecular weight is 288 g/mol. The van der Waals surface area contributed by atoms with E-state index in [0.717, 1.165) is 13.0 Å². The maximum Gasteiger partial charge on any atom is 0.271 e. The van der Waals surface area contributed by atoms with Gasteiger partial charge in [0.05, 0.1) is 12.1 Å². The molecule has 1 aromatic heterocycles. The Morgan fingerprint density at radius 3 is 3.00 bits per heavy atom. The first kappa shape index (κ1) is 17.2. The van der Waals surface area contributed by atoms with Gasteiger partial charge in [0, 0.05) is 25.3 Å². The highest BCUT2D eigenvalue weighted by molar-refractivity contribution is 5.94. The van der Waals surface area contributed by atoms with E-state index in [-0.39, 0.29) is 12.5 Å². The molecule has 5 nitrogen and oxygen atoms in total. The molecule has 0 saturated carbocycles. The lowest BCUT2D eigenvalue weighted by molar-refractivity contribution is 0.0942. The Hall–Kier alpha value is -1.90. The summed E-state index contributed by atoms with van der Waals surface area (Å²) in [6, 6.07) is 4.03. The summed E-state index contributed by atoms with van der Waals surface area (Å²) in [6.45, 7) is 5.96. The van der Waals surface area contributed by atoms with Gasteiger partial charge >= 0.3 is 0 Å². The number of hydrogen-bond acceptors (Lipinski definition) is 4. The van der Waals surface area contributed by atoms with Crippen molar-refractivity contribution in [1.29, 1.82) is 0 Å². The average Bonchev–Trinajstić information content (AvgIpc) is 2.52. The first-order valence-corrected chi connectivity index (χ1v) is 7.22. The van der Waals surface area contributed by atoms with Gasteiger partial charge < -0.3 is 16.0 Å². The fourth-order valence-corrected chi connectivity index (χ4v) is 1.79. The summed E-state index contributed by atoms with van der Waals surface area (Å²) in [7, 11) is 2.05. The van der Waals surface area contributed by atoms with E-state index < -0.39 is 0 Å². The van der Waals surface area contributed by atoms with Crippen LogP contribution in [0, 0.1) is 11.8 Å². The summed E-state index contributed by atoms with van der Waals surface area (Å²) < 4.78 is 0. The standard InChI is InChI=1S/C16H24N4O/c1-4-13(2)20(3)12-11-19-16(21)15-14(7-5-9-17)8-6-10-18-15/h6,8,10,13H,4,9,11-12,17H2,1-3H3,(H,19,21). The number of rotatable bonds is 6. The molecule has 0 saturated heterocycles. The van der Waals surface area contributed by atoms with Crippen LogP contribution in [0.3, 0.4) is 0 Å². The summed E-state index contributed by atoms with van der Waals surface area (Å²) in [5.41, 5.74) is 6.32. The molecule has 0 spiro atoms. The van der Waals surface area contributed by atoms with Gasteiger partial charge in [-0.1, -0.05) is 18.8 Å². The molecule has 1 rings (SSSR count). The van der Waals surface area contributed by atoms with Gasteiger partial charge in [-0.15, -0.1) is 0 Å². The minimum absolute atomic E-state index is 0.200. The smallest absolute Gasteiger partial charge is 0.271 e. The van der Waals surface area contributed by atoms with E-state index in [1.165, 1.54) is 0 Å². The first-order chi connectivity index (χ1) is 10.1. The number of carbonyl (C=O) groups excluding carboxylic acids is 1. The van der Waals surface area contributed by atoms with Gasteiger partial charge in [-0.25, -0.2) is 4.98 Å². The number of nitrogens with zero attached hydrogens (tertiary/aromatic N) is 2. The summed E-state index contributed by atoms with van der Waals surface area (Å²) in [4.78, 5) is 18.5. The van der Waals surface area contributed by atoms with Crippen molar-refractivity contribution in [3.8, 4) is 11.8 Å². The van der Waals surface area contributed by atoms with Crippen molar-refractivity contribution in [3.05, 3.63) is 29.6 Å². The second-order valence-corrected chi connectivity index (χ2v) is 4.90. The Balaban J connectivity index is 2.60. The SMILES string of the molecule is CCC(C)N(C)CCNC(=O)c1ncccc1C#CCN. The van der Waals surface area contributed by atoms with Gasteiger partial charge in [0.15, 0.2) is 0 Å². The van der Waals surface area contributed by atoms with Crippen LogP contribution in [-0.4, -0.2) is 48.5 Å². The number of pyridine rings is 1. The van der Waals surface area contributed by atoms with Gasteiger partial charge in [-0.2, -0.15) is 0 Å². The Labute approximate surface area is 126 Å². The van der Waals surface area contributed by atoms with Crippen molar-refractivity contribution < 1.29 is 4.79 Å². The lowest BCUT2D eigenvalue weighted by Crippen LogP contribution is -2.37. The topological polar surface area (TPSA) is 71.2 Å². The number of amides is 1. The van der Waals surface area contributed by atoms with Crippen molar-refractivity contribution in [2.75, 3.05) is 26.7 Å². The van der Waals surface area contributed by atoms with Crippen LogP contribution in [0.15, 0.2) is 18.3 Å². The molecule has 1 aromatic rings. The van der Waals surface area contributed by atoms with E-state index in [1.54, 1.807) is 18.3 Å². The van der Waals surface area contributed by atoms with Crippen molar-refractivity contribution in [2.24, 2.45) is 5.73 Å². The summed E-state index contributed by atoms with van der Waals surface area (Å²) in [5.74, 6) is 5.42. The van der Waals surface area contributed by atoms with Crippen molar-refractivity contribution in [3.63, 3.8) is 0 Å². The van der Waals surface area contributed by atoms with E-state index in [0.29, 0.717) is 23.8 Å². The van der Waals surface area contributed by atoms with Crippen LogP contribution in [0.25, 0.3) is 0 Å². The van der Waals surface area contributed by atoms with Gasteiger partial charge in [0.1, 0.15) is 5.69 Å². The molecule has 0 fully saturated rings. The Morgan fingerprint density at radius 2 is 2.33 bits per heavy atom. The molecule has 0 aromatic carbocycles. The Morgan fingerprint density at radius 1 is 1.57 bits per heavy atom. The number of hydrogen-bond donors (Lipinski definition) is 2. The van der Waals surface area contributed by atoms with Gasteiger partial charge in [0.25, 0.3) is 5.91 Å². The minimum atomic E-state index is -0.200. The number of carbonyl (C=O) groups is 1. The molecule has 0 aliphatic heterocycles. The fourth-order valence-electron chi connectivity index (χ4n) is 1.79. The normalized spacial score (nSPS) is 11.7. The molecular formula is C16H24N4O. The predicted molar refractivity (Wildman–Crippen MR) is 84.9 cm³/mol. The Kier molecular flexibility index (Phi) is 7.44. The zero-order valence-electron chi connectivity index (χ0n) is 13.0. The van der Waals surface area contributed by atoms with Crippen LogP contribution >= 0.6 is 0 Å². The lowest BCUT2D eigenvalue weighted by Gasteiger charge is -2.23. The number of aromatic nitrogens is 1. The lowest BCUT2D eigenvalue weighted by atomic mass is 10.2. The highest BCUT2D eigenvalue weighted by Crippen LogP contribution is 2.03. The molecule has 0 bridgehead atoms. The second-order valence-electron chi connectivity index (χ2n) is 4.90. The zero-order chi connectivity index (χ0) is 15.7. The molecular weight excluding hydrogens is 264 g/mol. The van der Waals surface area contributed by atoms with Crippen LogP contribution in [0.1, 0.15) is 36.3 Å². The summed E-state index contributed by atoms with van der Waals surface area (Å²) in [6.07, 6.45) is 2.68. The van der Waals surface area contributed by atoms with Crippen LogP contribution in [0.4, 0.5) is 0 Å². The van der Waals surface area contributed by atoms with Crippen LogP contribution in [0.2, 0.25) is 0 Å². The Bertz CT molecular complexity index is 518. The molecule has 21 heavy (non-hydrogen) atoms. The molecule has 3 N–H and O–H groups in total. The summed E-state index contributed by atoms with van der Waals surface area (Å²) in [5, 5.41) is 2.88. The molecule has 1 amide bonds. The maximum atomic E-state index is 12.2. The highest BCUT2D eigenvalue weighted by Gasteiger charge is 2.12. The second kappa shape index (κ2) is 9.11. The van der Waals surface area contributed by atoms with Gasteiger partial charge in [-0.3, -0.25) is 4.79 Å². The van der Waals surface area contributed by atoms with Crippen LogP contribution in [0.5, 0.6) is 0 Å². The third-order valence-electron chi connectivity index (χ3n) is 3.44. The van der Waals surface area contributed by atoms with Crippen LogP contribution < -0.4 is 11.1 Å². The maximum absolute atomic E-state index is 12.2. The molecule has 1 unspecified atom stereocenters. The van der Waals surface area contributed by atoms with Crippen molar-refractivity contribution >= 4 is 5.91 Å². The molecule has 0 aliphatic carbocycles. The van der Waals surface area contributed by atoms with E-state index in [1.807, 2.05) is 0 Å². The summed E-state index contributed by atoms with van der Waals surface area (Å²) >= 11 is 0. The van der Waals surface area contributed by atoms with E-state index >= 15 is 0 Å². The molecule has 5 heteroatoms. The van der Waals surface area contributed by atoms with E-state index in [4.69, 9.17) is 5.73 Å². The van der Waals surface area contributed by atoms with E-state index in [2.05, 4.69) is 47.9 Å². The molecule has 1 atom stereocenters. The molecule has 114 valence electrons. The first-order valence-electron chi connectivity index (χ1n) is 7.22. The zero-order valence-corrected chi connectivity index (χ0v) is 13.0.